The topological polar surface area (TPSA) is 89.7 Å². The molecule has 2 aliphatic heterocycles. The smallest absolute Gasteiger partial charge is 0.234 e. The molecular weight excluding hydrogens is 514 g/mol. The van der Waals surface area contributed by atoms with Gasteiger partial charge in [0.1, 0.15) is 5.75 Å². The third-order valence-corrected chi connectivity index (χ3v) is 8.60. The first-order valence-corrected chi connectivity index (χ1v) is 15.3. The van der Waals surface area contributed by atoms with Crippen molar-refractivity contribution in [2.75, 3.05) is 39.8 Å². The van der Waals surface area contributed by atoms with Crippen LogP contribution in [-0.4, -0.2) is 78.6 Å². The van der Waals surface area contributed by atoms with E-state index < -0.39 is 0 Å². The highest BCUT2D eigenvalue weighted by molar-refractivity contribution is 5.83. The second kappa shape index (κ2) is 14.5. The number of aromatic amines is 1. The average molecular weight is 560 g/mol. The standard InChI is InChI=1S/C33H45N5O3/c1-41-30-14-6-3-11-25(30)16-17-31(39)35-23-27(21-26-22-34-29-13-5-4-12-28(26)29)36-32(40)24-38-20-10-7-15-33(38)37-18-8-2-9-19-37/h3-6,11-14,22,27,33-34H,2,7-10,15-21,23-24H2,1H3,(H,35,39)(H,36,40). The van der Waals surface area contributed by atoms with E-state index in [-0.39, 0.29) is 17.9 Å². The molecule has 8 heteroatoms. The number of carbonyl (C=O) groups is 2. The van der Waals surface area contributed by atoms with Gasteiger partial charge in [-0.25, -0.2) is 0 Å². The van der Waals surface area contributed by atoms with Gasteiger partial charge in [0.05, 0.1) is 25.9 Å². The molecule has 0 bridgehead atoms. The SMILES string of the molecule is COc1ccccc1CCC(=O)NCC(Cc1c[nH]c2ccccc12)NC(=O)CN1CCCCC1N1CCCCC1. The van der Waals surface area contributed by atoms with Gasteiger partial charge in [0.15, 0.2) is 0 Å². The first kappa shape index (κ1) is 29.1. The summed E-state index contributed by atoms with van der Waals surface area (Å²) in [7, 11) is 1.65. The molecule has 3 aromatic rings. The molecule has 2 saturated heterocycles. The summed E-state index contributed by atoms with van der Waals surface area (Å²) in [4.78, 5) is 34.6. The van der Waals surface area contributed by atoms with Crippen LogP contribution in [0, 0.1) is 0 Å². The number of fused-ring (bicyclic) bond motifs is 1. The molecular formula is C33H45N5O3. The Balaban J connectivity index is 1.21. The number of aryl methyl sites for hydroxylation is 1. The molecule has 0 saturated carbocycles. The van der Waals surface area contributed by atoms with Crippen molar-refractivity contribution in [2.24, 2.45) is 0 Å². The molecule has 2 aliphatic rings. The van der Waals surface area contributed by atoms with Crippen molar-refractivity contribution < 1.29 is 14.3 Å². The lowest BCUT2D eigenvalue weighted by Crippen LogP contribution is -2.56. The van der Waals surface area contributed by atoms with Crippen LogP contribution in [0.1, 0.15) is 56.1 Å². The Morgan fingerprint density at radius 2 is 1.73 bits per heavy atom. The minimum atomic E-state index is -0.213. The summed E-state index contributed by atoms with van der Waals surface area (Å²) < 4.78 is 5.43. The van der Waals surface area contributed by atoms with Crippen molar-refractivity contribution in [2.45, 2.75) is 70.0 Å². The molecule has 2 aromatic carbocycles. The van der Waals surface area contributed by atoms with Crippen molar-refractivity contribution in [3.63, 3.8) is 0 Å². The van der Waals surface area contributed by atoms with Crippen molar-refractivity contribution in [3.05, 3.63) is 65.9 Å². The third kappa shape index (κ3) is 7.89. The maximum Gasteiger partial charge on any atom is 0.234 e. The minimum Gasteiger partial charge on any atom is -0.496 e. The van der Waals surface area contributed by atoms with E-state index in [1.807, 2.05) is 42.6 Å². The Kier molecular flexibility index (Phi) is 10.3. The van der Waals surface area contributed by atoms with Crippen LogP contribution < -0.4 is 15.4 Å². The molecule has 8 nitrogen and oxygen atoms in total. The van der Waals surface area contributed by atoms with E-state index >= 15 is 0 Å². The van der Waals surface area contributed by atoms with Crippen LogP contribution in [0.25, 0.3) is 10.9 Å². The van der Waals surface area contributed by atoms with Gasteiger partial charge in [0, 0.05) is 36.6 Å². The fraction of sp³-hybridized carbons (Fsp3) is 0.515. The lowest BCUT2D eigenvalue weighted by atomic mass is 10.0. The number of hydrogen-bond acceptors (Lipinski definition) is 5. The fourth-order valence-electron chi connectivity index (χ4n) is 6.47. The normalized spacial score (nSPS) is 19.1. The summed E-state index contributed by atoms with van der Waals surface area (Å²) in [5, 5.41) is 7.53. The lowest BCUT2D eigenvalue weighted by Gasteiger charge is -2.44. The van der Waals surface area contributed by atoms with Gasteiger partial charge in [0.25, 0.3) is 0 Å². The van der Waals surface area contributed by atoms with Crippen molar-refractivity contribution >= 4 is 22.7 Å². The molecule has 0 aliphatic carbocycles. The molecule has 0 spiro atoms. The van der Waals surface area contributed by atoms with E-state index in [0.717, 1.165) is 60.3 Å². The Labute approximate surface area is 243 Å². The first-order valence-electron chi connectivity index (χ1n) is 15.3. The van der Waals surface area contributed by atoms with Crippen LogP contribution in [0.15, 0.2) is 54.7 Å². The van der Waals surface area contributed by atoms with E-state index in [2.05, 4.69) is 37.6 Å². The van der Waals surface area contributed by atoms with E-state index in [4.69, 9.17) is 4.74 Å². The Hall–Kier alpha value is -3.36. The van der Waals surface area contributed by atoms with Crippen LogP contribution in [0.4, 0.5) is 0 Å². The van der Waals surface area contributed by atoms with Crippen molar-refractivity contribution in [3.8, 4) is 5.75 Å². The van der Waals surface area contributed by atoms with Crippen molar-refractivity contribution in [1.82, 2.24) is 25.4 Å². The van der Waals surface area contributed by atoms with E-state index in [1.54, 1.807) is 7.11 Å². The van der Waals surface area contributed by atoms with Gasteiger partial charge in [-0.2, -0.15) is 0 Å². The highest BCUT2D eigenvalue weighted by Gasteiger charge is 2.30. The maximum atomic E-state index is 13.5. The number of nitrogens with zero attached hydrogens (tertiary/aromatic N) is 2. The van der Waals surface area contributed by atoms with Gasteiger partial charge in [-0.3, -0.25) is 19.4 Å². The minimum absolute atomic E-state index is 0.0296. The molecule has 2 amide bonds. The number of aromatic nitrogens is 1. The second-order valence-electron chi connectivity index (χ2n) is 11.5. The van der Waals surface area contributed by atoms with Crippen LogP contribution in [-0.2, 0) is 22.4 Å². The Morgan fingerprint density at radius 3 is 2.59 bits per heavy atom. The van der Waals surface area contributed by atoms with Gasteiger partial charge >= 0.3 is 0 Å². The molecule has 3 heterocycles. The molecule has 220 valence electrons. The van der Waals surface area contributed by atoms with Crippen LogP contribution in [0.2, 0.25) is 0 Å². The number of carbonyl (C=O) groups excluding carboxylic acids is 2. The monoisotopic (exact) mass is 559 g/mol. The number of nitrogens with one attached hydrogen (secondary N) is 3. The third-order valence-electron chi connectivity index (χ3n) is 8.60. The zero-order chi connectivity index (χ0) is 28.4. The quantitative estimate of drug-likeness (QED) is 0.309. The Bertz CT molecular complexity index is 1280. The number of piperidine rings is 2. The van der Waals surface area contributed by atoms with Gasteiger partial charge in [-0.05, 0) is 81.3 Å². The highest BCUT2D eigenvalue weighted by Crippen LogP contribution is 2.24. The molecule has 2 fully saturated rings. The van der Waals surface area contributed by atoms with E-state index in [9.17, 15) is 9.59 Å². The number of rotatable bonds is 12. The molecule has 2 atom stereocenters. The molecule has 2 unspecified atom stereocenters. The maximum absolute atomic E-state index is 13.5. The van der Waals surface area contributed by atoms with Gasteiger partial charge < -0.3 is 20.4 Å². The van der Waals surface area contributed by atoms with Crippen LogP contribution >= 0.6 is 0 Å². The number of H-pyrrole nitrogens is 1. The molecule has 5 rings (SSSR count). The van der Waals surface area contributed by atoms with E-state index in [0.29, 0.717) is 38.5 Å². The number of para-hydroxylation sites is 2. The van der Waals surface area contributed by atoms with Gasteiger partial charge in [-0.1, -0.05) is 42.8 Å². The number of likely N-dealkylation sites (tertiary alicyclic amines) is 2. The number of hydrogen-bond donors (Lipinski definition) is 3. The molecule has 0 radical (unpaired) electrons. The zero-order valence-electron chi connectivity index (χ0n) is 24.4. The largest absolute Gasteiger partial charge is 0.496 e. The van der Waals surface area contributed by atoms with Gasteiger partial charge in [0.2, 0.25) is 11.8 Å². The first-order chi connectivity index (χ1) is 20.1. The summed E-state index contributed by atoms with van der Waals surface area (Å²) in [5.41, 5.74) is 3.23. The molecule has 3 N–H and O–H groups in total. The van der Waals surface area contributed by atoms with Crippen LogP contribution in [0.5, 0.6) is 5.75 Å². The summed E-state index contributed by atoms with van der Waals surface area (Å²) in [6.45, 7) is 4.00. The van der Waals surface area contributed by atoms with Gasteiger partial charge in [-0.15, -0.1) is 0 Å². The second-order valence-corrected chi connectivity index (χ2v) is 11.5. The summed E-state index contributed by atoms with van der Waals surface area (Å²) >= 11 is 0. The summed E-state index contributed by atoms with van der Waals surface area (Å²) in [6.07, 6.45) is 11.3. The summed E-state index contributed by atoms with van der Waals surface area (Å²) in [6, 6.07) is 15.8. The van der Waals surface area contributed by atoms with Crippen LogP contribution in [0.3, 0.4) is 0 Å². The molecule has 41 heavy (non-hydrogen) atoms. The predicted molar refractivity (Wildman–Crippen MR) is 163 cm³/mol. The lowest BCUT2D eigenvalue weighted by molar-refractivity contribution is -0.126. The summed E-state index contributed by atoms with van der Waals surface area (Å²) in [5.74, 6) is 0.794. The van der Waals surface area contributed by atoms with E-state index in [1.165, 1.54) is 25.7 Å². The number of benzene rings is 2. The number of ether oxygens (including phenoxy) is 1. The number of amides is 2. The van der Waals surface area contributed by atoms with Crippen molar-refractivity contribution in [1.29, 1.82) is 0 Å². The predicted octanol–water partition coefficient (Wildman–Crippen LogP) is 4.25. The fourth-order valence-corrected chi connectivity index (χ4v) is 6.47. The average Bonchev–Trinajstić information content (AvgIpc) is 3.42. The number of methoxy groups -OCH3 is 1. The molecule has 1 aromatic heterocycles. The zero-order valence-corrected chi connectivity index (χ0v) is 24.4. The Morgan fingerprint density at radius 1 is 0.951 bits per heavy atom. The highest BCUT2D eigenvalue weighted by atomic mass is 16.5.